The van der Waals surface area contributed by atoms with Gasteiger partial charge in [0.05, 0.1) is 0 Å². The van der Waals surface area contributed by atoms with Crippen LogP contribution in [0.2, 0.25) is 28.9 Å². The molecule has 0 bridgehead atoms. The molecule has 127 valence electrons. The molecule has 0 saturated heterocycles. The van der Waals surface area contributed by atoms with Gasteiger partial charge in [-0.25, -0.2) is 0 Å². The Labute approximate surface area is 171 Å². The number of halogens is 2. The van der Waals surface area contributed by atoms with Crippen LogP contribution in [-0.2, 0) is 24.4 Å². The fourth-order valence-corrected chi connectivity index (χ4v) is 12.5. The van der Waals surface area contributed by atoms with Gasteiger partial charge in [0, 0.05) is 0 Å². The van der Waals surface area contributed by atoms with Gasteiger partial charge in [0.2, 0.25) is 0 Å². The molecule has 0 saturated carbocycles. The first-order valence-electron chi connectivity index (χ1n) is 7.95. The molecule has 0 nitrogen and oxygen atoms in total. The van der Waals surface area contributed by atoms with Crippen LogP contribution in [0, 0.1) is 5.41 Å². The van der Waals surface area contributed by atoms with Crippen LogP contribution in [-0.4, -0.2) is 8.07 Å². The molecule has 2 rings (SSSR count). The zero-order chi connectivity index (χ0) is 16.2. The molecule has 2 aliphatic carbocycles. The van der Waals surface area contributed by atoms with Gasteiger partial charge in [-0.05, 0) is 0 Å². The molecule has 0 amide bonds. The van der Waals surface area contributed by atoms with Gasteiger partial charge in [-0.2, -0.15) is 0 Å². The van der Waals surface area contributed by atoms with E-state index in [1.807, 2.05) is 0 Å². The van der Waals surface area contributed by atoms with Gasteiger partial charge in [-0.3, -0.25) is 0 Å². The van der Waals surface area contributed by atoms with Crippen LogP contribution in [0.15, 0.2) is 46.1 Å². The van der Waals surface area contributed by atoms with Crippen molar-refractivity contribution in [2.75, 3.05) is 0 Å². The third-order valence-electron chi connectivity index (χ3n) is 5.56. The minimum atomic E-state index is -1.03. The number of rotatable bonds is 3. The van der Waals surface area contributed by atoms with Gasteiger partial charge < -0.3 is 24.8 Å². The number of hydrogen-bond acceptors (Lipinski definition) is 0. The van der Waals surface area contributed by atoms with Gasteiger partial charge >= 0.3 is 147 Å². The Morgan fingerprint density at radius 3 is 1.78 bits per heavy atom. The second-order valence-corrected chi connectivity index (χ2v) is 17.2. The maximum atomic E-state index is 2.62. The summed E-state index contributed by atoms with van der Waals surface area (Å²) in [7, 11) is -1.03. The van der Waals surface area contributed by atoms with Crippen LogP contribution in [0.5, 0.6) is 0 Å². The summed E-state index contributed by atoms with van der Waals surface area (Å²) >= 11 is 1.23. The van der Waals surface area contributed by atoms with Crippen LogP contribution in [0.25, 0.3) is 0 Å². The summed E-state index contributed by atoms with van der Waals surface area (Å²) in [6.07, 6.45) is 7.57. The van der Waals surface area contributed by atoms with E-state index in [-0.39, 0.29) is 30.2 Å². The molecule has 4 heteroatoms. The topological polar surface area (TPSA) is 0 Å². The van der Waals surface area contributed by atoms with Gasteiger partial charge in [0.15, 0.2) is 0 Å². The average molecular weight is 535 g/mol. The second kappa shape index (κ2) is 7.48. The summed E-state index contributed by atoms with van der Waals surface area (Å²) in [6, 6.07) is 1.39. The van der Waals surface area contributed by atoms with Gasteiger partial charge in [0.1, 0.15) is 0 Å². The van der Waals surface area contributed by atoms with E-state index in [1.54, 1.807) is 16.7 Å². The maximum absolute atomic E-state index is 2.62. The van der Waals surface area contributed by atoms with E-state index < -0.39 is 8.07 Å². The summed E-state index contributed by atoms with van der Waals surface area (Å²) in [5.41, 5.74) is 7.78. The van der Waals surface area contributed by atoms with Crippen LogP contribution >= 0.6 is 0 Å². The molecule has 23 heavy (non-hydrogen) atoms. The van der Waals surface area contributed by atoms with E-state index >= 15 is 0 Å². The van der Waals surface area contributed by atoms with E-state index in [0.717, 1.165) is 0 Å². The van der Waals surface area contributed by atoms with Crippen LogP contribution in [0.4, 0.5) is 0 Å². The molecular formula is C19H29Cl2HfSi. The molecule has 0 aromatic rings. The fourth-order valence-electron chi connectivity index (χ4n) is 3.94. The average Bonchev–Trinajstić information content (AvgIpc) is 2.79. The van der Waals surface area contributed by atoms with Crippen LogP contribution < -0.4 is 24.8 Å². The quantitative estimate of drug-likeness (QED) is 0.455. The maximum Gasteiger partial charge on any atom is -1.00 e. The van der Waals surface area contributed by atoms with Crippen molar-refractivity contribution in [3.63, 3.8) is 0 Å². The summed E-state index contributed by atoms with van der Waals surface area (Å²) in [5.74, 6) is 0. The third kappa shape index (κ3) is 4.24. The minimum Gasteiger partial charge on any atom is -1.00 e. The van der Waals surface area contributed by atoms with Crippen molar-refractivity contribution < 1.29 is 49.2 Å². The van der Waals surface area contributed by atoms with Crippen molar-refractivity contribution in [2.24, 2.45) is 5.41 Å². The van der Waals surface area contributed by atoms with Gasteiger partial charge in [0.25, 0.3) is 0 Å². The minimum absolute atomic E-state index is 0. The Hall–Kier alpha value is 0.627. The predicted octanol–water partition coefficient (Wildman–Crippen LogP) is 0.227. The van der Waals surface area contributed by atoms with E-state index in [9.17, 15) is 0 Å². The van der Waals surface area contributed by atoms with E-state index in [2.05, 4.69) is 72.5 Å². The Morgan fingerprint density at radius 1 is 0.957 bits per heavy atom. The Morgan fingerprint density at radius 2 is 1.39 bits per heavy atom. The second-order valence-electron chi connectivity index (χ2n) is 8.34. The first kappa shape index (κ1) is 23.6. The third-order valence-corrected chi connectivity index (χ3v) is 10.2. The molecule has 1 atom stereocenters. The van der Waals surface area contributed by atoms with Crippen molar-refractivity contribution >= 4 is 8.07 Å². The van der Waals surface area contributed by atoms with E-state index in [1.165, 1.54) is 41.6 Å². The number of allylic oxidation sites excluding steroid dienone is 8. The molecule has 0 radical (unpaired) electrons. The Kier molecular flexibility index (Phi) is 7.68. The zero-order valence-corrected chi connectivity index (χ0v) is 21.8. The van der Waals surface area contributed by atoms with Gasteiger partial charge in [-0.1, -0.05) is 0 Å². The van der Waals surface area contributed by atoms with Crippen molar-refractivity contribution in [3.05, 3.63) is 46.1 Å². The fraction of sp³-hybridized carbons (Fsp3) is 0.579. The van der Waals surface area contributed by atoms with E-state index in [4.69, 9.17) is 0 Å². The van der Waals surface area contributed by atoms with Gasteiger partial charge in [-0.15, -0.1) is 0 Å². The molecule has 0 N–H and O–H groups in total. The zero-order valence-electron chi connectivity index (χ0n) is 15.7. The molecule has 0 heterocycles. The first-order chi connectivity index (χ1) is 9.41. The van der Waals surface area contributed by atoms with Crippen LogP contribution in [0.3, 0.4) is 0 Å². The van der Waals surface area contributed by atoms with Crippen molar-refractivity contribution in [1.29, 1.82) is 0 Å². The van der Waals surface area contributed by atoms with E-state index in [0.29, 0.717) is 3.17 Å². The summed E-state index contributed by atoms with van der Waals surface area (Å²) in [6.45, 7) is 19.1. The number of hydrogen-bond donors (Lipinski definition) is 0. The predicted molar refractivity (Wildman–Crippen MR) is 92.9 cm³/mol. The SMILES string of the molecule is CC1=C(C)C(C)(C2=C[C]([Hf+2])(C[Si](C)(C)C)C=C2)C(C)=C1C.[Cl-].[Cl-]. The molecule has 0 fully saturated rings. The molecule has 0 spiro atoms. The summed E-state index contributed by atoms with van der Waals surface area (Å²) in [5, 5.41) is 0. The van der Waals surface area contributed by atoms with Crippen LogP contribution in [0.1, 0.15) is 34.6 Å². The smallest absolute Gasteiger partial charge is 1.00 e. The van der Waals surface area contributed by atoms with Crippen molar-refractivity contribution in [1.82, 2.24) is 0 Å². The molecule has 1 unspecified atom stereocenters. The molecular weight excluding hydrogens is 506 g/mol. The molecule has 0 aliphatic heterocycles. The summed E-state index contributed by atoms with van der Waals surface area (Å²) in [4.78, 5) is 0. The summed E-state index contributed by atoms with van der Waals surface area (Å²) < 4.78 is 0.397. The first-order valence-corrected chi connectivity index (χ1v) is 13.4. The Bertz CT molecular complexity index is 581. The van der Waals surface area contributed by atoms with Crippen molar-refractivity contribution in [3.8, 4) is 0 Å². The van der Waals surface area contributed by atoms with Crippen molar-refractivity contribution in [2.45, 2.75) is 63.5 Å². The Balaban J connectivity index is 0.00000242. The largest absolute Gasteiger partial charge is 1.00 e. The normalized spacial score (nSPS) is 26.3. The molecule has 0 aromatic carbocycles. The standard InChI is InChI=1S/C19H29Si.2ClH.Hf/c1-13-14(2)16(4)19(5,15(13)3)18-10-9-17(11-18)12-20(6,7)8;;;/h9-11H,12H2,1-8H3;2*1H;/q;;;+2/p-2. The molecule has 0 aromatic heterocycles. The monoisotopic (exact) mass is 535 g/mol. The molecule has 2 aliphatic rings.